The van der Waals surface area contributed by atoms with Crippen molar-refractivity contribution in [2.45, 2.75) is 31.5 Å². The molecule has 62 valence electrons. The molecule has 0 saturated carbocycles. The number of rotatable bonds is 1. The maximum atomic E-state index is 11.1. The summed E-state index contributed by atoms with van der Waals surface area (Å²) in [4.78, 5) is 11.1. The van der Waals surface area contributed by atoms with E-state index < -0.39 is 0 Å². The fourth-order valence-electron chi connectivity index (χ4n) is 2.04. The molecule has 0 aliphatic carbocycles. The van der Waals surface area contributed by atoms with E-state index in [0.29, 0.717) is 6.10 Å². The number of fused-ring (bicyclic) bond motifs is 2. The summed E-state index contributed by atoms with van der Waals surface area (Å²) in [5.41, 5.74) is 0. The first-order valence-corrected chi connectivity index (χ1v) is 4.04. The third-order valence-corrected chi connectivity index (χ3v) is 2.61. The van der Waals surface area contributed by atoms with Gasteiger partial charge in [0.2, 0.25) is 0 Å². The molecule has 2 fully saturated rings. The fourth-order valence-corrected chi connectivity index (χ4v) is 2.04. The first-order chi connectivity index (χ1) is 5.31. The highest BCUT2D eigenvalue weighted by molar-refractivity contribution is 5.73. The Bertz CT molecular complexity index is 178. The Labute approximate surface area is 65.7 Å². The van der Waals surface area contributed by atoms with Gasteiger partial charge < -0.3 is 9.47 Å². The summed E-state index contributed by atoms with van der Waals surface area (Å²) in [6.07, 6.45) is 3.52. The molecule has 0 aromatic heterocycles. The standard InChI is InChI=1S/C8H12O3/c1-10-8(9)6-4-5-2-3-7(6)11-5/h5-7H,2-4H2,1H3/t5-,6-,7+/m0/s1. The van der Waals surface area contributed by atoms with Gasteiger partial charge in [0.1, 0.15) is 0 Å². The van der Waals surface area contributed by atoms with Crippen molar-refractivity contribution in [2.24, 2.45) is 5.92 Å². The fraction of sp³-hybridized carbons (Fsp3) is 0.875. The summed E-state index contributed by atoms with van der Waals surface area (Å²) in [7, 11) is 1.44. The highest BCUT2D eigenvalue weighted by Crippen LogP contribution is 2.39. The number of methoxy groups -OCH3 is 1. The third kappa shape index (κ3) is 1.03. The van der Waals surface area contributed by atoms with Crippen molar-refractivity contribution < 1.29 is 14.3 Å². The lowest BCUT2D eigenvalue weighted by Crippen LogP contribution is -2.26. The molecule has 3 atom stereocenters. The van der Waals surface area contributed by atoms with Gasteiger partial charge in [-0.05, 0) is 19.3 Å². The van der Waals surface area contributed by atoms with Crippen LogP contribution in [-0.4, -0.2) is 25.3 Å². The Hall–Kier alpha value is -0.570. The first kappa shape index (κ1) is 7.10. The van der Waals surface area contributed by atoms with Gasteiger partial charge in [0.05, 0.1) is 25.2 Å². The Morgan fingerprint density at radius 3 is 2.82 bits per heavy atom. The van der Waals surface area contributed by atoms with Crippen LogP contribution in [0.25, 0.3) is 0 Å². The van der Waals surface area contributed by atoms with E-state index >= 15 is 0 Å². The van der Waals surface area contributed by atoms with Gasteiger partial charge in [-0.25, -0.2) is 0 Å². The average molecular weight is 156 g/mol. The lowest BCUT2D eigenvalue weighted by molar-refractivity contribution is -0.147. The van der Waals surface area contributed by atoms with E-state index in [0.717, 1.165) is 19.3 Å². The minimum Gasteiger partial charge on any atom is -0.469 e. The van der Waals surface area contributed by atoms with Crippen LogP contribution in [0.4, 0.5) is 0 Å². The largest absolute Gasteiger partial charge is 0.469 e. The predicted octanol–water partition coefficient (Wildman–Crippen LogP) is 0.727. The summed E-state index contributed by atoms with van der Waals surface area (Å²) in [6.45, 7) is 0. The maximum Gasteiger partial charge on any atom is 0.311 e. The number of carbonyl (C=O) groups is 1. The molecule has 2 aliphatic rings. The highest BCUT2D eigenvalue weighted by Gasteiger charge is 2.44. The second-order valence-electron chi connectivity index (χ2n) is 3.24. The van der Waals surface area contributed by atoms with Crippen LogP contribution in [0.2, 0.25) is 0 Å². The Balaban J connectivity index is 2.02. The van der Waals surface area contributed by atoms with Gasteiger partial charge in [0.15, 0.2) is 0 Å². The van der Waals surface area contributed by atoms with Crippen molar-refractivity contribution in [1.82, 2.24) is 0 Å². The van der Waals surface area contributed by atoms with Gasteiger partial charge in [-0.1, -0.05) is 0 Å². The van der Waals surface area contributed by atoms with Crippen LogP contribution >= 0.6 is 0 Å². The van der Waals surface area contributed by atoms with Crippen LogP contribution in [0.15, 0.2) is 0 Å². The van der Waals surface area contributed by atoms with E-state index in [9.17, 15) is 4.79 Å². The smallest absolute Gasteiger partial charge is 0.311 e. The van der Waals surface area contributed by atoms with E-state index in [1.165, 1.54) is 7.11 Å². The summed E-state index contributed by atoms with van der Waals surface area (Å²) >= 11 is 0. The van der Waals surface area contributed by atoms with Crippen LogP contribution in [-0.2, 0) is 14.3 Å². The third-order valence-electron chi connectivity index (χ3n) is 2.61. The van der Waals surface area contributed by atoms with Crippen molar-refractivity contribution in [1.29, 1.82) is 0 Å². The molecule has 3 heteroatoms. The zero-order chi connectivity index (χ0) is 7.84. The molecule has 0 spiro atoms. The normalized spacial score (nSPS) is 41.0. The number of esters is 1. The number of carbonyl (C=O) groups excluding carboxylic acids is 1. The van der Waals surface area contributed by atoms with Gasteiger partial charge in [-0.15, -0.1) is 0 Å². The molecule has 0 unspecified atom stereocenters. The number of ether oxygens (including phenoxy) is 2. The van der Waals surface area contributed by atoms with E-state index in [4.69, 9.17) is 4.74 Å². The molecule has 0 aromatic rings. The van der Waals surface area contributed by atoms with Gasteiger partial charge in [-0.2, -0.15) is 0 Å². The molecule has 0 N–H and O–H groups in total. The van der Waals surface area contributed by atoms with E-state index in [1.807, 2.05) is 0 Å². The zero-order valence-electron chi connectivity index (χ0n) is 6.58. The van der Waals surface area contributed by atoms with Gasteiger partial charge in [-0.3, -0.25) is 4.79 Å². The maximum absolute atomic E-state index is 11.1. The minimum atomic E-state index is -0.0998. The van der Waals surface area contributed by atoms with Crippen LogP contribution < -0.4 is 0 Å². The molecule has 0 amide bonds. The quantitative estimate of drug-likeness (QED) is 0.525. The summed E-state index contributed by atoms with van der Waals surface area (Å²) < 4.78 is 10.2. The molecule has 2 saturated heterocycles. The predicted molar refractivity (Wildman–Crippen MR) is 38.0 cm³/mol. The lowest BCUT2D eigenvalue weighted by atomic mass is 9.89. The van der Waals surface area contributed by atoms with Crippen LogP contribution in [0.5, 0.6) is 0 Å². The first-order valence-electron chi connectivity index (χ1n) is 4.04. The molecule has 2 aliphatic heterocycles. The van der Waals surface area contributed by atoms with Crippen molar-refractivity contribution in [3.05, 3.63) is 0 Å². The van der Waals surface area contributed by atoms with Crippen LogP contribution in [0.3, 0.4) is 0 Å². The van der Waals surface area contributed by atoms with Gasteiger partial charge in [0, 0.05) is 0 Å². The van der Waals surface area contributed by atoms with Crippen molar-refractivity contribution >= 4 is 5.97 Å². The second kappa shape index (κ2) is 2.48. The van der Waals surface area contributed by atoms with Gasteiger partial charge in [0.25, 0.3) is 0 Å². The molecule has 3 nitrogen and oxygen atoms in total. The molecule has 2 heterocycles. The molecule has 2 bridgehead atoms. The van der Waals surface area contributed by atoms with Crippen molar-refractivity contribution in [2.75, 3.05) is 7.11 Å². The van der Waals surface area contributed by atoms with Crippen LogP contribution in [0.1, 0.15) is 19.3 Å². The molecule has 2 rings (SSSR count). The molecular formula is C8H12O3. The topological polar surface area (TPSA) is 35.5 Å². The van der Waals surface area contributed by atoms with E-state index in [2.05, 4.69) is 4.74 Å². The number of hydrogen-bond donors (Lipinski definition) is 0. The molecule has 11 heavy (non-hydrogen) atoms. The molecule has 0 aromatic carbocycles. The van der Waals surface area contributed by atoms with Gasteiger partial charge >= 0.3 is 5.97 Å². The summed E-state index contributed by atoms with van der Waals surface area (Å²) in [5.74, 6) is -0.0732. The molecule has 0 radical (unpaired) electrons. The monoisotopic (exact) mass is 156 g/mol. The lowest BCUT2D eigenvalue weighted by Gasteiger charge is -2.14. The summed E-state index contributed by atoms with van der Waals surface area (Å²) in [5, 5.41) is 0. The Morgan fingerprint density at radius 2 is 2.36 bits per heavy atom. The Morgan fingerprint density at radius 1 is 1.55 bits per heavy atom. The number of hydrogen-bond acceptors (Lipinski definition) is 3. The Kier molecular flexibility index (Phi) is 1.60. The summed E-state index contributed by atoms with van der Waals surface area (Å²) in [6, 6.07) is 0. The van der Waals surface area contributed by atoms with Crippen molar-refractivity contribution in [3.63, 3.8) is 0 Å². The van der Waals surface area contributed by atoms with Crippen molar-refractivity contribution in [3.8, 4) is 0 Å². The second-order valence-corrected chi connectivity index (χ2v) is 3.24. The molecular weight excluding hydrogens is 144 g/mol. The SMILES string of the molecule is COC(=O)[C@H]1C[C@@H]2CC[C@H]1O2. The average Bonchev–Trinajstić information content (AvgIpc) is 2.62. The minimum absolute atomic E-state index is 0.0266. The van der Waals surface area contributed by atoms with E-state index in [-0.39, 0.29) is 18.0 Å². The highest BCUT2D eigenvalue weighted by atomic mass is 16.5. The van der Waals surface area contributed by atoms with Crippen LogP contribution in [0, 0.1) is 5.92 Å². The zero-order valence-corrected chi connectivity index (χ0v) is 6.58. The van der Waals surface area contributed by atoms with E-state index in [1.54, 1.807) is 0 Å².